The maximum absolute atomic E-state index is 12.0. The average molecular weight is 497 g/mol. The van der Waals surface area contributed by atoms with Gasteiger partial charge in [0.2, 0.25) is 5.91 Å². The Morgan fingerprint density at radius 3 is 2.25 bits per heavy atom. The Hall–Kier alpha value is -2.78. The molecule has 0 radical (unpaired) electrons. The Bertz CT molecular complexity index is 1000. The third kappa shape index (κ3) is 6.91. The second-order valence-electron chi connectivity index (χ2n) is 9.75. The molecule has 0 aliphatic carbocycles. The number of piperidine rings is 1. The fraction of sp³-hybridized carbons (Fsp3) is 0.500. The van der Waals surface area contributed by atoms with E-state index in [-0.39, 0.29) is 43.5 Å². The molecule has 1 amide bonds. The van der Waals surface area contributed by atoms with Gasteiger partial charge < -0.3 is 29.9 Å². The number of carbonyl (C=O) groups excluding carboxylic acids is 1. The Kier molecular flexibility index (Phi) is 9.09. The van der Waals surface area contributed by atoms with E-state index in [1.54, 1.807) is 12.1 Å². The molecule has 8 heteroatoms. The van der Waals surface area contributed by atoms with Gasteiger partial charge in [-0.15, -0.1) is 0 Å². The van der Waals surface area contributed by atoms with Crippen molar-refractivity contribution >= 4 is 17.6 Å². The summed E-state index contributed by atoms with van der Waals surface area (Å²) >= 11 is 0. The van der Waals surface area contributed by atoms with Crippen LogP contribution in [0.4, 0.5) is 5.69 Å². The molecule has 3 N–H and O–H groups in total. The summed E-state index contributed by atoms with van der Waals surface area (Å²) in [6, 6.07) is 15.2. The van der Waals surface area contributed by atoms with Crippen LogP contribution in [0.15, 0.2) is 48.5 Å². The molecule has 0 spiro atoms. The van der Waals surface area contributed by atoms with Crippen LogP contribution in [-0.2, 0) is 25.7 Å². The van der Waals surface area contributed by atoms with E-state index < -0.39 is 12.3 Å². The zero-order chi connectivity index (χ0) is 25.5. The van der Waals surface area contributed by atoms with Gasteiger partial charge in [0.15, 0.2) is 6.29 Å². The van der Waals surface area contributed by atoms with E-state index in [0.29, 0.717) is 5.69 Å². The van der Waals surface area contributed by atoms with Crippen molar-refractivity contribution < 1.29 is 29.3 Å². The van der Waals surface area contributed by atoms with E-state index in [0.717, 1.165) is 36.3 Å². The number of hydrogen-bond donors (Lipinski definition) is 3. The Labute approximate surface area is 212 Å². The van der Waals surface area contributed by atoms with Gasteiger partial charge in [0.1, 0.15) is 0 Å². The van der Waals surface area contributed by atoms with Crippen LogP contribution in [-0.4, -0.2) is 52.7 Å². The molecular weight excluding hydrogens is 460 g/mol. The van der Waals surface area contributed by atoms with E-state index in [9.17, 15) is 14.7 Å². The number of likely N-dealkylation sites (tertiary alicyclic amines) is 1. The standard InChI is InChI=1S/C28H36N2O6/c1-19-24(17-30-15-3-2-4-16-30)35-28(36-27(19)21-7-5-20(18-31)6-8-21)22-9-11-23(12-10-22)29-25(32)13-14-26(33)34/h5-12,19,24,27-28,31H,2-4,13-18H2,1H3,(H,29,32)(H,33,34)/t19-,24+,27+,28+/m1/s1. The minimum Gasteiger partial charge on any atom is -0.481 e. The first-order valence-corrected chi connectivity index (χ1v) is 12.8. The van der Waals surface area contributed by atoms with Crippen molar-refractivity contribution in [3.8, 4) is 0 Å². The third-order valence-electron chi connectivity index (χ3n) is 7.04. The fourth-order valence-electron chi connectivity index (χ4n) is 4.89. The highest BCUT2D eigenvalue weighted by Crippen LogP contribution is 2.42. The number of rotatable bonds is 9. The minimum atomic E-state index is -0.999. The summed E-state index contributed by atoms with van der Waals surface area (Å²) in [6.07, 6.45) is 2.70. The van der Waals surface area contributed by atoms with Gasteiger partial charge in [0.05, 0.1) is 25.2 Å². The molecule has 36 heavy (non-hydrogen) atoms. The first kappa shape index (κ1) is 26.3. The predicted molar refractivity (Wildman–Crippen MR) is 135 cm³/mol. The second kappa shape index (κ2) is 12.5. The zero-order valence-electron chi connectivity index (χ0n) is 20.8. The molecule has 0 bridgehead atoms. The summed E-state index contributed by atoms with van der Waals surface area (Å²) in [5, 5.41) is 20.9. The summed E-state index contributed by atoms with van der Waals surface area (Å²) in [7, 11) is 0. The third-order valence-corrected chi connectivity index (χ3v) is 7.04. The molecule has 2 aromatic rings. The molecular formula is C28H36N2O6. The van der Waals surface area contributed by atoms with Crippen molar-refractivity contribution in [3.05, 3.63) is 65.2 Å². The highest BCUT2D eigenvalue weighted by molar-refractivity contribution is 5.92. The number of carboxylic acids is 1. The summed E-state index contributed by atoms with van der Waals surface area (Å²) in [5.74, 6) is -1.20. The van der Waals surface area contributed by atoms with Crippen LogP contribution in [0.5, 0.6) is 0 Å². The maximum atomic E-state index is 12.0. The van der Waals surface area contributed by atoms with Gasteiger partial charge in [-0.3, -0.25) is 9.59 Å². The number of benzene rings is 2. The van der Waals surface area contributed by atoms with Crippen molar-refractivity contribution in [2.75, 3.05) is 25.0 Å². The highest BCUT2D eigenvalue weighted by Gasteiger charge is 2.39. The summed E-state index contributed by atoms with van der Waals surface area (Å²) in [5.41, 5.74) is 3.37. The van der Waals surface area contributed by atoms with Crippen LogP contribution < -0.4 is 5.32 Å². The number of carbonyl (C=O) groups is 2. The van der Waals surface area contributed by atoms with Crippen molar-refractivity contribution in [1.82, 2.24) is 4.90 Å². The van der Waals surface area contributed by atoms with Gasteiger partial charge in [-0.25, -0.2) is 0 Å². The van der Waals surface area contributed by atoms with E-state index in [1.807, 2.05) is 36.4 Å². The SMILES string of the molecule is C[C@@H]1[C@H](CN2CCCCC2)O[C@H](c2ccc(NC(=O)CCC(=O)O)cc2)O[C@@H]1c1ccc(CO)cc1. The van der Waals surface area contributed by atoms with Crippen molar-refractivity contribution in [2.45, 2.75) is 64.1 Å². The Morgan fingerprint density at radius 1 is 0.944 bits per heavy atom. The first-order valence-electron chi connectivity index (χ1n) is 12.8. The summed E-state index contributed by atoms with van der Waals surface area (Å²) in [4.78, 5) is 25.1. The largest absolute Gasteiger partial charge is 0.481 e. The summed E-state index contributed by atoms with van der Waals surface area (Å²) < 4.78 is 13.0. The van der Waals surface area contributed by atoms with Gasteiger partial charge in [-0.1, -0.05) is 49.7 Å². The van der Waals surface area contributed by atoms with Gasteiger partial charge in [-0.2, -0.15) is 0 Å². The number of amides is 1. The molecule has 194 valence electrons. The number of hydrogen-bond acceptors (Lipinski definition) is 6. The molecule has 2 aliphatic heterocycles. The van der Waals surface area contributed by atoms with Gasteiger partial charge in [0.25, 0.3) is 0 Å². The molecule has 8 nitrogen and oxygen atoms in total. The molecule has 4 rings (SSSR count). The quantitative estimate of drug-likeness (QED) is 0.476. The second-order valence-corrected chi connectivity index (χ2v) is 9.75. The van der Waals surface area contributed by atoms with Crippen LogP contribution >= 0.6 is 0 Å². The number of anilines is 1. The summed E-state index contributed by atoms with van der Waals surface area (Å²) in [6.45, 7) is 5.20. The molecule has 0 unspecified atom stereocenters. The van der Waals surface area contributed by atoms with E-state index >= 15 is 0 Å². The lowest BCUT2D eigenvalue weighted by atomic mass is 9.89. The van der Waals surface area contributed by atoms with Crippen LogP contribution in [0.1, 0.15) is 68.1 Å². The lowest BCUT2D eigenvalue weighted by molar-refractivity contribution is -0.276. The number of aliphatic hydroxyl groups excluding tert-OH is 1. The monoisotopic (exact) mass is 496 g/mol. The average Bonchev–Trinajstić information content (AvgIpc) is 2.90. The molecule has 2 fully saturated rings. The maximum Gasteiger partial charge on any atom is 0.303 e. The number of carboxylic acid groups (broad SMARTS) is 1. The number of nitrogens with zero attached hydrogens (tertiary/aromatic N) is 1. The number of aliphatic carboxylic acids is 1. The topological polar surface area (TPSA) is 108 Å². The van der Waals surface area contributed by atoms with E-state index in [1.165, 1.54) is 19.3 Å². The molecule has 2 saturated heterocycles. The van der Waals surface area contributed by atoms with Gasteiger partial charge in [-0.05, 0) is 49.2 Å². The smallest absolute Gasteiger partial charge is 0.303 e. The minimum absolute atomic E-state index is 0.00384. The highest BCUT2D eigenvalue weighted by atomic mass is 16.7. The lowest BCUT2D eigenvalue weighted by Gasteiger charge is -2.43. The molecule has 0 saturated carbocycles. The van der Waals surface area contributed by atoms with Crippen LogP contribution in [0, 0.1) is 5.92 Å². The normalized spacial score (nSPS) is 24.8. The molecule has 2 aliphatic rings. The lowest BCUT2D eigenvalue weighted by Crippen LogP contribution is -2.45. The van der Waals surface area contributed by atoms with Crippen LogP contribution in [0.3, 0.4) is 0 Å². The Morgan fingerprint density at radius 2 is 1.61 bits per heavy atom. The van der Waals surface area contributed by atoms with Crippen molar-refractivity contribution in [3.63, 3.8) is 0 Å². The molecule has 2 aromatic carbocycles. The first-order chi connectivity index (χ1) is 17.4. The predicted octanol–water partition coefficient (Wildman–Crippen LogP) is 4.26. The van der Waals surface area contributed by atoms with E-state index in [2.05, 4.69) is 17.1 Å². The Balaban J connectivity index is 1.50. The van der Waals surface area contributed by atoms with Crippen molar-refractivity contribution in [2.24, 2.45) is 5.92 Å². The van der Waals surface area contributed by atoms with Crippen molar-refractivity contribution in [1.29, 1.82) is 0 Å². The van der Waals surface area contributed by atoms with E-state index in [4.69, 9.17) is 14.6 Å². The number of nitrogens with one attached hydrogen (secondary N) is 1. The number of ether oxygens (including phenoxy) is 2. The molecule has 0 aromatic heterocycles. The molecule has 4 atom stereocenters. The zero-order valence-corrected chi connectivity index (χ0v) is 20.8. The van der Waals surface area contributed by atoms with Gasteiger partial charge >= 0.3 is 5.97 Å². The fourth-order valence-corrected chi connectivity index (χ4v) is 4.89. The van der Waals surface area contributed by atoms with Gasteiger partial charge in [0, 0.05) is 30.1 Å². The van der Waals surface area contributed by atoms with Crippen LogP contribution in [0.25, 0.3) is 0 Å². The number of aliphatic hydroxyl groups is 1. The molecule has 2 heterocycles. The van der Waals surface area contributed by atoms with Crippen LogP contribution in [0.2, 0.25) is 0 Å².